The molecule has 0 N–H and O–H groups in total. The fourth-order valence-corrected chi connectivity index (χ4v) is 8.38. The zero-order valence-electron chi connectivity index (χ0n) is 12.0. The first kappa shape index (κ1) is 18.8. The maximum absolute atomic E-state index is 12.2. The lowest BCUT2D eigenvalue weighted by Crippen LogP contribution is -2.03. The molecule has 0 spiro atoms. The highest BCUT2D eigenvalue weighted by Crippen LogP contribution is 2.34. The summed E-state index contributed by atoms with van der Waals surface area (Å²) in [6, 6.07) is 7.44. The number of non-ortho nitro benzene ring substituents is 2. The van der Waals surface area contributed by atoms with Gasteiger partial charge in [-0.1, -0.05) is 0 Å². The minimum absolute atomic E-state index is 0.345. The van der Waals surface area contributed by atoms with Crippen molar-refractivity contribution in [3.05, 3.63) is 68.8 Å². The number of hydrogen-bond donors (Lipinski definition) is 0. The number of hydrogen-bond acceptors (Lipinski definition) is 9. The molecule has 0 heterocycles. The van der Waals surface area contributed by atoms with Crippen LogP contribution in [0.2, 0.25) is 0 Å². The van der Waals surface area contributed by atoms with Gasteiger partial charge in [-0.3, -0.25) is 20.2 Å². The Balaban J connectivity index is 2.31. The molecule has 0 unspecified atom stereocenters. The molecule has 0 bridgehead atoms. The first-order valence-electron chi connectivity index (χ1n) is 6.23. The van der Waals surface area contributed by atoms with Gasteiger partial charge < -0.3 is 0 Å². The van der Waals surface area contributed by atoms with E-state index in [9.17, 15) is 37.1 Å². The van der Waals surface area contributed by atoms with Gasteiger partial charge in [0, 0.05) is 24.3 Å². The van der Waals surface area contributed by atoms with E-state index in [4.69, 9.17) is 0 Å². The number of rotatable bonds is 6. The van der Waals surface area contributed by atoms with Gasteiger partial charge in [-0.15, -0.1) is 0 Å². The molecule has 13 heteroatoms. The first-order valence-corrected chi connectivity index (χ1v) is 11.0. The van der Waals surface area contributed by atoms with Crippen LogP contribution >= 0.6 is 9.83 Å². The maximum Gasteiger partial charge on any atom is 0.269 e. The molecule has 10 nitrogen and oxygen atoms in total. The highest BCUT2D eigenvalue weighted by molar-refractivity contribution is 9.04. The van der Waals surface area contributed by atoms with Gasteiger partial charge >= 0.3 is 0 Å². The SMILES string of the molecule is O=[N+]([O-])c1ccc(S(=O)(=O)SS(=O)(=O)c2ccc([N+](=O)[O-])cc2)cc1. The molecule has 0 aliphatic rings. The van der Waals surface area contributed by atoms with E-state index in [2.05, 4.69) is 0 Å². The van der Waals surface area contributed by atoms with Crippen molar-refractivity contribution < 1.29 is 26.7 Å². The molecule has 132 valence electrons. The molecule has 0 aliphatic heterocycles. The van der Waals surface area contributed by atoms with Gasteiger partial charge in [0.1, 0.15) is 9.83 Å². The van der Waals surface area contributed by atoms with Crippen LogP contribution in [0.4, 0.5) is 11.4 Å². The average molecular weight is 404 g/mol. The molecule has 0 atom stereocenters. The number of nitro groups is 2. The van der Waals surface area contributed by atoms with E-state index in [0.717, 1.165) is 48.5 Å². The highest BCUT2D eigenvalue weighted by Gasteiger charge is 2.28. The molecule has 0 fully saturated rings. The quantitative estimate of drug-likeness (QED) is 0.400. The van der Waals surface area contributed by atoms with Crippen molar-refractivity contribution in [2.45, 2.75) is 9.79 Å². The molecule has 0 radical (unpaired) electrons. The lowest BCUT2D eigenvalue weighted by atomic mass is 10.3. The molecule has 0 aromatic heterocycles. The van der Waals surface area contributed by atoms with Crippen molar-refractivity contribution in [2.24, 2.45) is 0 Å². The van der Waals surface area contributed by atoms with Crippen LogP contribution in [0.3, 0.4) is 0 Å². The second-order valence-electron chi connectivity index (χ2n) is 4.48. The molecular formula is C12H8N2O8S3. The van der Waals surface area contributed by atoms with Gasteiger partial charge in [0.05, 0.1) is 19.6 Å². The Morgan fingerprint density at radius 3 is 1.16 bits per heavy atom. The summed E-state index contributed by atoms with van der Waals surface area (Å²) in [6.07, 6.45) is 0. The van der Waals surface area contributed by atoms with Crippen molar-refractivity contribution in [2.75, 3.05) is 0 Å². The fourth-order valence-electron chi connectivity index (χ4n) is 1.67. The maximum atomic E-state index is 12.2. The Kier molecular flexibility index (Phi) is 5.10. The van der Waals surface area contributed by atoms with E-state index in [1.165, 1.54) is 0 Å². The van der Waals surface area contributed by atoms with Gasteiger partial charge in [0.25, 0.3) is 11.4 Å². The van der Waals surface area contributed by atoms with Crippen LogP contribution in [0.25, 0.3) is 0 Å². The molecule has 2 aromatic rings. The van der Waals surface area contributed by atoms with E-state index < -0.39 is 37.4 Å². The van der Waals surface area contributed by atoms with Gasteiger partial charge in [-0.2, -0.15) is 0 Å². The van der Waals surface area contributed by atoms with E-state index >= 15 is 0 Å². The van der Waals surface area contributed by atoms with Gasteiger partial charge in [-0.25, -0.2) is 16.8 Å². The van der Waals surface area contributed by atoms with Gasteiger partial charge in [0.15, 0.2) is 0 Å². The second-order valence-corrected chi connectivity index (χ2v) is 11.6. The van der Waals surface area contributed by atoms with Crippen molar-refractivity contribution in [3.8, 4) is 0 Å². The monoisotopic (exact) mass is 404 g/mol. The van der Waals surface area contributed by atoms with Crippen LogP contribution < -0.4 is 0 Å². The molecule has 2 aromatic carbocycles. The molecule has 25 heavy (non-hydrogen) atoms. The number of nitro benzene ring substituents is 2. The number of nitrogens with zero attached hydrogens (tertiary/aromatic N) is 2. The average Bonchev–Trinajstić information content (AvgIpc) is 2.54. The van der Waals surface area contributed by atoms with Crippen molar-refractivity contribution in [1.29, 1.82) is 0 Å². The fraction of sp³-hybridized carbons (Fsp3) is 0. The first-order chi connectivity index (χ1) is 11.5. The summed E-state index contributed by atoms with van der Waals surface area (Å²) in [5.74, 6) is 0. The second kappa shape index (κ2) is 6.78. The summed E-state index contributed by atoms with van der Waals surface area (Å²) in [5, 5.41) is 21.1. The molecule has 0 amide bonds. The molecule has 0 saturated carbocycles. The largest absolute Gasteiger partial charge is 0.269 e. The van der Waals surface area contributed by atoms with Crippen LogP contribution in [0.1, 0.15) is 0 Å². The minimum atomic E-state index is -4.36. The Bertz CT molecular complexity index is 943. The van der Waals surface area contributed by atoms with Crippen molar-refractivity contribution >= 4 is 38.9 Å². The zero-order valence-corrected chi connectivity index (χ0v) is 14.5. The predicted molar refractivity (Wildman–Crippen MR) is 88.2 cm³/mol. The molecule has 0 aliphatic carbocycles. The van der Waals surface area contributed by atoms with E-state index in [-0.39, 0.29) is 21.2 Å². The Labute approximate surface area is 144 Å². The van der Waals surface area contributed by atoms with Crippen LogP contribution in [-0.2, 0) is 17.7 Å². The van der Waals surface area contributed by atoms with E-state index in [1.807, 2.05) is 0 Å². The summed E-state index contributed by atoms with van der Waals surface area (Å²) in [7, 11) is -9.08. The molecule has 2 rings (SSSR count). The predicted octanol–water partition coefficient (Wildman–Crippen LogP) is 2.31. The smallest absolute Gasteiger partial charge is 0.258 e. The third-order valence-electron chi connectivity index (χ3n) is 2.85. The van der Waals surface area contributed by atoms with Gasteiger partial charge in [-0.05, 0) is 24.3 Å². The summed E-state index contributed by atoms with van der Waals surface area (Å²) >= 11 is 0. The van der Waals surface area contributed by atoms with Crippen LogP contribution in [-0.4, -0.2) is 26.7 Å². The van der Waals surface area contributed by atoms with Crippen LogP contribution in [0.5, 0.6) is 0 Å². The zero-order chi connectivity index (χ0) is 18.8. The van der Waals surface area contributed by atoms with E-state index in [1.54, 1.807) is 0 Å². The summed E-state index contributed by atoms with van der Waals surface area (Å²) < 4.78 is 48.7. The summed E-state index contributed by atoms with van der Waals surface area (Å²) in [4.78, 5) is 18.8. The van der Waals surface area contributed by atoms with Gasteiger partial charge in [0.2, 0.25) is 17.7 Å². The topological polar surface area (TPSA) is 155 Å². The Hall–Kier alpha value is -2.51. The van der Waals surface area contributed by atoms with E-state index in [0.29, 0.717) is 0 Å². The molecular weight excluding hydrogens is 396 g/mol. The highest BCUT2D eigenvalue weighted by atomic mass is 33.5. The standard InChI is InChI=1S/C12H8N2O8S3/c15-13(16)9-1-5-11(6-2-9)24(19,20)23-25(21,22)12-7-3-10(4-8-12)14(17)18/h1-8H. The molecule has 0 saturated heterocycles. The summed E-state index contributed by atoms with van der Waals surface area (Å²) in [6.45, 7) is 0. The lowest BCUT2D eigenvalue weighted by molar-refractivity contribution is -0.385. The van der Waals surface area contributed by atoms with Crippen LogP contribution in [0, 0.1) is 20.2 Å². The van der Waals surface area contributed by atoms with Crippen molar-refractivity contribution in [1.82, 2.24) is 0 Å². The van der Waals surface area contributed by atoms with Crippen LogP contribution in [0.15, 0.2) is 58.3 Å². The Morgan fingerprint density at radius 1 is 0.640 bits per heavy atom. The summed E-state index contributed by atoms with van der Waals surface area (Å²) in [5.41, 5.74) is -0.690. The Morgan fingerprint density at radius 2 is 0.920 bits per heavy atom. The lowest BCUT2D eigenvalue weighted by Gasteiger charge is -2.05. The number of benzene rings is 2. The minimum Gasteiger partial charge on any atom is -0.258 e. The third-order valence-corrected chi connectivity index (χ3v) is 10.4. The third kappa shape index (κ3) is 4.32. The van der Waals surface area contributed by atoms with Crippen molar-refractivity contribution in [3.63, 3.8) is 0 Å². The normalized spacial score (nSPS) is 11.8.